The van der Waals surface area contributed by atoms with E-state index in [2.05, 4.69) is 4.98 Å². The maximum absolute atomic E-state index is 14.3. The smallest absolute Gasteiger partial charge is 0.318 e. The molecule has 0 aliphatic carbocycles. The SMILES string of the molecule is Cc1cccc(C(=O)NC(N2CCCCC2c2cccnc2)(C(F)(F)F)C(F)(F)F)c1. The molecule has 2 heterocycles. The lowest BCUT2D eigenvalue weighted by molar-refractivity contribution is -0.356. The Morgan fingerprint density at radius 3 is 2.35 bits per heavy atom. The third-order valence-corrected chi connectivity index (χ3v) is 5.40. The van der Waals surface area contributed by atoms with E-state index >= 15 is 0 Å². The Balaban J connectivity index is 2.14. The maximum atomic E-state index is 14.3. The number of nitrogens with zero attached hydrogens (tertiary/aromatic N) is 2. The molecule has 4 nitrogen and oxygen atoms in total. The van der Waals surface area contributed by atoms with Crippen LogP contribution in [0.2, 0.25) is 0 Å². The molecular weight excluding hydrogens is 424 g/mol. The number of rotatable bonds is 4. The van der Waals surface area contributed by atoms with Gasteiger partial charge in [0.1, 0.15) is 0 Å². The van der Waals surface area contributed by atoms with Gasteiger partial charge in [-0.1, -0.05) is 30.2 Å². The lowest BCUT2D eigenvalue weighted by Gasteiger charge is -2.50. The molecule has 1 aromatic heterocycles. The Bertz CT molecular complexity index is 899. The minimum atomic E-state index is -5.83. The van der Waals surface area contributed by atoms with Gasteiger partial charge in [0.2, 0.25) is 0 Å². The zero-order valence-corrected chi connectivity index (χ0v) is 16.6. The quantitative estimate of drug-likeness (QED) is 0.661. The number of halogens is 6. The predicted octanol–water partition coefficient (Wildman–Crippen LogP) is 5.17. The number of aryl methyl sites for hydroxylation is 1. The van der Waals surface area contributed by atoms with Gasteiger partial charge in [0, 0.05) is 30.5 Å². The third kappa shape index (κ3) is 4.39. The predicted molar refractivity (Wildman–Crippen MR) is 101 cm³/mol. The minimum Gasteiger partial charge on any atom is -0.318 e. The van der Waals surface area contributed by atoms with Gasteiger partial charge in [0.05, 0.1) is 0 Å². The molecule has 0 bridgehead atoms. The van der Waals surface area contributed by atoms with E-state index in [9.17, 15) is 31.1 Å². The van der Waals surface area contributed by atoms with Crippen molar-refractivity contribution in [1.29, 1.82) is 0 Å². The van der Waals surface area contributed by atoms with E-state index in [0.717, 1.165) is 0 Å². The first-order valence-electron chi connectivity index (χ1n) is 9.66. The van der Waals surface area contributed by atoms with Crippen LogP contribution in [0.5, 0.6) is 0 Å². The zero-order chi connectivity index (χ0) is 22.9. The summed E-state index contributed by atoms with van der Waals surface area (Å²) in [5, 5.41) is 1.34. The lowest BCUT2D eigenvalue weighted by atomic mass is 9.91. The van der Waals surface area contributed by atoms with E-state index in [1.165, 1.54) is 48.0 Å². The summed E-state index contributed by atoms with van der Waals surface area (Å²) in [7, 11) is 0. The van der Waals surface area contributed by atoms with Gasteiger partial charge < -0.3 is 5.32 Å². The molecule has 1 atom stereocenters. The molecule has 0 radical (unpaired) electrons. The summed E-state index contributed by atoms with van der Waals surface area (Å²) < 4.78 is 85.8. The fraction of sp³-hybridized carbons (Fsp3) is 0.429. The first-order valence-corrected chi connectivity index (χ1v) is 9.66. The summed E-state index contributed by atoms with van der Waals surface area (Å²) in [5.74, 6) is -1.45. The van der Waals surface area contributed by atoms with Gasteiger partial charge in [0.25, 0.3) is 11.6 Å². The van der Waals surface area contributed by atoms with Crippen molar-refractivity contribution in [3.05, 3.63) is 65.5 Å². The Kier molecular flexibility index (Phi) is 6.31. The van der Waals surface area contributed by atoms with Gasteiger partial charge in [-0.05, 0) is 43.5 Å². The largest absolute Gasteiger partial charge is 0.434 e. The van der Waals surface area contributed by atoms with Gasteiger partial charge in [-0.15, -0.1) is 0 Å². The molecule has 1 N–H and O–H groups in total. The minimum absolute atomic E-state index is 0.0694. The number of hydrogen-bond acceptors (Lipinski definition) is 3. The van der Waals surface area contributed by atoms with Gasteiger partial charge in [-0.25, -0.2) is 0 Å². The van der Waals surface area contributed by atoms with Gasteiger partial charge in [-0.3, -0.25) is 14.7 Å². The Labute approximate surface area is 175 Å². The second kappa shape index (κ2) is 8.49. The van der Waals surface area contributed by atoms with Crippen molar-refractivity contribution in [3.63, 3.8) is 0 Å². The highest BCUT2D eigenvalue weighted by molar-refractivity contribution is 5.95. The van der Waals surface area contributed by atoms with E-state index in [0.29, 0.717) is 16.9 Å². The van der Waals surface area contributed by atoms with Crippen molar-refractivity contribution < 1.29 is 31.1 Å². The number of benzene rings is 1. The Morgan fingerprint density at radius 1 is 1.06 bits per heavy atom. The summed E-state index contributed by atoms with van der Waals surface area (Å²) in [6.45, 7) is 1.09. The van der Waals surface area contributed by atoms with Gasteiger partial charge in [-0.2, -0.15) is 26.3 Å². The summed E-state index contributed by atoms with van der Waals surface area (Å²) >= 11 is 0. The molecule has 1 amide bonds. The molecule has 0 saturated carbocycles. The highest BCUT2D eigenvalue weighted by atomic mass is 19.4. The molecule has 1 fully saturated rings. The number of hydrogen-bond donors (Lipinski definition) is 1. The van der Waals surface area contributed by atoms with Crippen LogP contribution in [-0.2, 0) is 0 Å². The highest BCUT2D eigenvalue weighted by Crippen LogP contribution is 2.50. The first kappa shape index (κ1) is 23.1. The monoisotopic (exact) mass is 445 g/mol. The van der Waals surface area contributed by atoms with Crippen molar-refractivity contribution in [3.8, 4) is 0 Å². The molecule has 2 aromatic rings. The van der Waals surface area contributed by atoms with E-state index < -0.39 is 36.5 Å². The number of carbonyl (C=O) groups excluding carboxylic acids is 1. The molecule has 1 saturated heterocycles. The van der Waals surface area contributed by atoms with Gasteiger partial charge in [0.15, 0.2) is 0 Å². The second-order valence-corrected chi connectivity index (χ2v) is 7.52. The van der Waals surface area contributed by atoms with Crippen LogP contribution in [0.3, 0.4) is 0 Å². The van der Waals surface area contributed by atoms with Crippen LogP contribution < -0.4 is 5.32 Å². The number of amides is 1. The van der Waals surface area contributed by atoms with Crippen molar-refractivity contribution in [1.82, 2.24) is 15.2 Å². The molecule has 0 spiro atoms. The van der Waals surface area contributed by atoms with Crippen molar-refractivity contribution in [2.24, 2.45) is 0 Å². The Hall–Kier alpha value is -2.62. The molecule has 1 unspecified atom stereocenters. The van der Waals surface area contributed by atoms with Crippen LogP contribution in [0.1, 0.15) is 46.8 Å². The summed E-state index contributed by atoms with van der Waals surface area (Å²) in [4.78, 5) is 16.8. The average Bonchev–Trinajstić information content (AvgIpc) is 2.70. The van der Waals surface area contributed by atoms with Crippen molar-refractivity contribution in [2.75, 3.05) is 6.54 Å². The number of likely N-dealkylation sites (tertiary alicyclic amines) is 1. The molecule has 1 aliphatic heterocycles. The third-order valence-electron chi connectivity index (χ3n) is 5.40. The van der Waals surface area contributed by atoms with E-state index in [-0.39, 0.29) is 24.0 Å². The number of alkyl halides is 6. The van der Waals surface area contributed by atoms with E-state index in [1.54, 1.807) is 13.0 Å². The van der Waals surface area contributed by atoms with E-state index in [4.69, 9.17) is 0 Å². The van der Waals surface area contributed by atoms with Crippen molar-refractivity contribution in [2.45, 2.75) is 50.2 Å². The van der Waals surface area contributed by atoms with Gasteiger partial charge >= 0.3 is 12.4 Å². The fourth-order valence-electron chi connectivity index (χ4n) is 3.98. The molecule has 3 rings (SSSR count). The molecule has 10 heteroatoms. The van der Waals surface area contributed by atoms with Crippen LogP contribution in [0.15, 0.2) is 48.8 Å². The number of piperidine rings is 1. The topological polar surface area (TPSA) is 45.2 Å². The number of nitrogens with one attached hydrogen (secondary N) is 1. The number of aromatic nitrogens is 1. The molecule has 1 aliphatic rings. The fourth-order valence-corrected chi connectivity index (χ4v) is 3.98. The standard InChI is InChI=1S/C21H21F6N3O/c1-14-6-4-7-15(12-14)18(31)29-19(20(22,23)24,21(25,26)27)30-11-3-2-9-17(30)16-8-5-10-28-13-16/h4-8,10,12-13,17H,2-3,9,11H2,1H3,(H,29,31). The van der Waals surface area contributed by atoms with Crippen molar-refractivity contribution >= 4 is 5.91 Å². The first-order chi connectivity index (χ1) is 14.5. The number of pyridine rings is 1. The normalized spacial score (nSPS) is 18.6. The van der Waals surface area contributed by atoms with Crippen LogP contribution in [-0.4, -0.2) is 40.4 Å². The number of carbonyl (C=O) groups is 1. The average molecular weight is 445 g/mol. The molecule has 168 valence electrons. The van der Waals surface area contributed by atoms with Crippen LogP contribution in [0, 0.1) is 6.92 Å². The second-order valence-electron chi connectivity index (χ2n) is 7.52. The zero-order valence-electron chi connectivity index (χ0n) is 16.6. The summed E-state index contributed by atoms with van der Waals surface area (Å²) in [6, 6.07) is 7.07. The molecular formula is C21H21F6N3O. The molecule has 31 heavy (non-hydrogen) atoms. The van der Waals surface area contributed by atoms with Crippen LogP contribution in [0.25, 0.3) is 0 Å². The maximum Gasteiger partial charge on any atom is 0.434 e. The molecule has 1 aromatic carbocycles. The summed E-state index contributed by atoms with van der Waals surface area (Å²) in [5.41, 5.74) is -4.08. The summed E-state index contributed by atoms with van der Waals surface area (Å²) in [6.07, 6.45) is -8.37. The lowest BCUT2D eigenvalue weighted by Crippen LogP contribution is -2.77. The van der Waals surface area contributed by atoms with Crippen LogP contribution in [0.4, 0.5) is 26.3 Å². The highest BCUT2D eigenvalue weighted by Gasteiger charge is 2.76. The Morgan fingerprint density at radius 2 is 1.77 bits per heavy atom. The van der Waals surface area contributed by atoms with Crippen LogP contribution >= 0.6 is 0 Å². The van der Waals surface area contributed by atoms with E-state index in [1.807, 2.05) is 0 Å².